The van der Waals surface area contributed by atoms with E-state index in [9.17, 15) is 0 Å². The summed E-state index contributed by atoms with van der Waals surface area (Å²) in [7, 11) is 0. The van der Waals surface area contributed by atoms with Gasteiger partial charge in [0.05, 0.1) is 34.2 Å². The van der Waals surface area contributed by atoms with E-state index in [4.69, 9.17) is 9.72 Å². The number of hydrogen-bond donors (Lipinski definition) is 0. The maximum atomic E-state index is 6.60. The number of aromatic nitrogens is 3. The third-order valence-corrected chi connectivity index (χ3v) is 14.5. The van der Waals surface area contributed by atoms with E-state index in [1.54, 1.807) is 0 Å². The van der Waals surface area contributed by atoms with Crippen molar-refractivity contribution in [2.75, 3.05) is 9.80 Å². The number of fused-ring (bicyclic) bond motifs is 6. The van der Waals surface area contributed by atoms with Crippen LogP contribution in [0.15, 0.2) is 267 Å². The number of rotatable bonds is 9. The third-order valence-electron chi connectivity index (χ3n) is 14.5. The summed E-state index contributed by atoms with van der Waals surface area (Å²) in [5, 5.41) is 1.12. The lowest BCUT2D eigenvalue weighted by Gasteiger charge is -2.34. The Hall–Kier alpha value is -9.91. The highest BCUT2D eigenvalue weighted by Gasteiger charge is 2.35. The second-order valence-corrected chi connectivity index (χ2v) is 18.8. The molecule has 6 nitrogen and oxygen atoms in total. The Morgan fingerprint density at radius 3 is 1.51 bits per heavy atom. The van der Waals surface area contributed by atoms with Gasteiger partial charge in [-0.05, 0) is 158 Å². The minimum atomic E-state index is -0.196. The Balaban J connectivity index is 1.00. The minimum Gasteiger partial charge on any atom is -0.453 e. The van der Waals surface area contributed by atoms with Crippen LogP contribution in [0.3, 0.4) is 0 Å². The van der Waals surface area contributed by atoms with E-state index in [1.807, 2.05) is 48.9 Å². The average molecular weight is 948 g/mol. The molecular formula is C68H45N5O. The molecule has 0 atom stereocenters. The normalized spacial score (nSPS) is 12.4. The summed E-state index contributed by atoms with van der Waals surface area (Å²) in [4.78, 5) is 19.4. The predicted octanol–water partition coefficient (Wildman–Crippen LogP) is 17.9. The highest BCUT2D eigenvalue weighted by atomic mass is 16.5. The van der Waals surface area contributed by atoms with E-state index in [0.29, 0.717) is 0 Å². The lowest BCUT2D eigenvalue weighted by molar-refractivity contribution is 0.476. The standard InChI is InChI=1S/C68H45N5O/c1-3-13-45(14-4-1)50-27-33-57-59(41-50)60-42-51(46-15-5-2-6-16-46)28-34-58(60)68(57)62-43-54(44-67(71-62)73-63-19-9-11-21-65(63)74-66-22-12-10-20-64(66)73)72(52-29-23-47(24-30-52)48-35-38-69-39-36-48)53-31-25-49(26-32-53)55-37-40-70-61-18-8-7-17-56(55)61/h1-44,68H. The van der Waals surface area contributed by atoms with Crippen LogP contribution in [0, 0.1) is 0 Å². The van der Waals surface area contributed by atoms with Crippen LogP contribution in [0.1, 0.15) is 22.7 Å². The van der Waals surface area contributed by atoms with E-state index >= 15 is 0 Å². The van der Waals surface area contributed by atoms with E-state index < -0.39 is 0 Å². The molecule has 0 N–H and O–H groups in total. The number of nitrogens with zero attached hydrogens (tertiary/aromatic N) is 5. The van der Waals surface area contributed by atoms with Gasteiger partial charge in [0.1, 0.15) is 5.82 Å². The molecule has 6 heteroatoms. The van der Waals surface area contributed by atoms with E-state index in [-0.39, 0.29) is 5.92 Å². The number of ether oxygens (including phenoxy) is 1. The molecule has 2 aliphatic rings. The first-order valence-electron chi connectivity index (χ1n) is 25.0. The lowest BCUT2D eigenvalue weighted by atomic mass is 9.91. The summed E-state index contributed by atoms with van der Waals surface area (Å²) in [5.74, 6) is 2.11. The molecule has 0 radical (unpaired) electrons. The second kappa shape index (κ2) is 18.0. The Bertz CT molecular complexity index is 3910. The second-order valence-electron chi connectivity index (χ2n) is 18.8. The van der Waals surface area contributed by atoms with Crippen LogP contribution in [0.25, 0.3) is 66.5 Å². The molecule has 3 aromatic heterocycles. The zero-order chi connectivity index (χ0) is 49.0. The first-order valence-corrected chi connectivity index (χ1v) is 25.0. The SMILES string of the molecule is c1ccc(-c2ccc3c(c2)-c2cc(-c4ccccc4)ccc2C3c2cc(N(c3ccc(-c4ccncc4)cc3)c3ccc(-c4ccnc5ccccc45)cc3)cc(N3c4ccccc4Oc4ccccc43)n2)cc1. The molecule has 1 aliphatic carbocycles. The van der Waals surface area contributed by atoms with Crippen molar-refractivity contribution in [1.82, 2.24) is 15.0 Å². The van der Waals surface area contributed by atoms with E-state index in [2.05, 4.69) is 238 Å². The van der Waals surface area contributed by atoms with Crippen LogP contribution in [0.2, 0.25) is 0 Å². The van der Waals surface area contributed by atoms with Crippen LogP contribution in [0.4, 0.5) is 34.3 Å². The molecule has 9 aromatic carbocycles. The van der Waals surface area contributed by atoms with Crippen LogP contribution >= 0.6 is 0 Å². The van der Waals surface area contributed by atoms with Crippen molar-refractivity contribution in [2.45, 2.75) is 5.92 Å². The van der Waals surface area contributed by atoms with Crippen molar-refractivity contribution in [3.63, 3.8) is 0 Å². The molecule has 0 bridgehead atoms. The third kappa shape index (κ3) is 7.56. The number of benzene rings is 9. The molecule has 0 unspecified atom stereocenters. The number of hydrogen-bond acceptors (Lipinski definition) is 6. The molecule has 0 spiro atoms. The molecule has 74 heavy (non-hydrogen) atoms. The Morgan fingerprint density at radius 2 is 0.892 bits per heavy atom. The fourth-order valence-electron chi connectivity index (χ4n) is 11.0. The fourth-order valence-corrected chi connectivity index (χ4v) is 11.0. The molecule has 0 saturated heterocycles. The smallest absolute Gasteiger partial charge is 0.151 e. The molecule has 0 saturated carbocycles. The molecule has 4 heterocycles. The summed E-state index contributed by atoms with van der Waals surface area (Å²) in [6.45, 7) is 0. The van der Waals surface area contributed by atoms with Gasteiger partial charge < -0.3 is 9.64 Å². The van der Waals surface area contributed by atoms with Crippen molar-refractivity contribution < 1.29 is 4.74 Å². The van der Waals surface area contributed by atoms with Gasteiger partial charge in [0.25, 0.3) is 0 Å². The number of pyridine rings is 3. The maximum absolute atomic E-state index is 6.60. The summed E-state index contributed by atoms with van der Waals surface area (Å²) < 4.78 is 6.60. The first kappa shape index (κ1) is 42.9. The van der Waals surface area contributed by atoms with Crippen LogP contribution in [-0.2, 0) is 0 Å². The summed E-state index contributed by atoms with van der Waals surface area (Å²) in [6, 6.07) is 88.6. The van der Waals surface area contributed by atoms with Crippen LogP contribution in [0.5, 0.6) is 11.5 Å². The van der Waals surface area contributed by atoms with Crippen molar-refractivity contribution in [3.05, 3.63) is 284 Å². The van der Waals surface area contributed by atoms with Gasteiger partial charge in [0.2, 0.25) is 0 Å². The van der Waals surface area contributed by atoms with Crippen LogP contribution in [-0.4, -0.2) is 15.0 Å². The quantitative estimate of drug-likeness (QED) is 0.144. The largest absolute Gasteiger partial charge is 0.453 e. The van der Waals surface area contributed by atoms with Gasteiger partial charge in [0.15, 0.2) is 11.5 Å². The van der Waals surface area contributed by atoms with Gasteiger partial charge in [-0.1, -0.05) is 152 Å². The molecule has 12 aromatic rings. The lowest BCUT2D eigenvalue weighted by Crippen LogP contribution is -2.19. The highest BCUT2D eigenvalue weighted by molar-refractivity contribution is 5.95. The number of para-hydroxylation sites is 5. The van der Waals surface area contributed by atoms with Gasteiger partial charge >= 0.3 is 0 Å². The summed E-state index contributed by atoms with van der Waals surface area (Å²) >= 11 is 0. The zero-order valence-corrected chi connectivity index (χ0v) is 40.1. The van der Waals surface area contributed by atoms with E-state index in [0.717, 1.165) is 84.6 Å². The van der Waals surface area contributed by atoms with Crippen molar-refractivity contribution in [3.8, 4) is 67.1 Å². The monoisotopic (exact) mass is 947 g/mol. The van der Waals surface area contributed by atoms with Crippen LogP contribution < -0.4 is 14.5 Å². The van der Waals surface area contributed by atoms with Crippen molar-refractivity contribution in [2.24, 2.45) is 0 Å². The average Bonchev–Trinajstić information content (AvgIpc) is 3.81. The minimum absolute atomic E-state index is 0.196. The maximum Gasteiger partial charge on any atom is 0.151 e. The first-order chi connectivity index (χ1) is 36.7. The fraction of sp³-hybridized carbons (Fsp3) is 0.0147. The van der Waals surface area contributed by atoms with Gasteiger partial charge in [-0.15, -0.1) is 0 Å². The zero-order valence-electron chi connectivity index (χ0n) is 40.1. The molecule has 348 valence electrons. The van der Waals surface area contributed by atoms with Gasteiger partial charge in [0, 0.05) is 41.4 Å². The van der Waals surface area contributed by atoms with Crippen molar-refractivity contribution in [1.29, 1.82) is 0 Å². The molecule has 1 aliphatic heterocycles. The Labute approximate surface area is 429 Å². The van der Waals surface area contributed by atoms with Gasteiger partial charge in [-0.25, -0.2) is 4.98 Å². The van der Waals surface area contributed by atoms with E-state index in [1.165, 1.54) is 44.5 Å². The van der Waals surface area contributed by atoms with Gasteiger partial charge in [-0.3, -0.25) is 14.9 Å². The summed E-state index contributed by atoms with van der Waals surface area (Å²) in [5.41, 5.74) is 20.7. The van der Waals surface area contributed by atoms with Crippen molar-refractivity contribution >= 4 is 45.2 Å². The molecule has 0 amide bonds. The predicted molar refractivity (Wildman–Crippen MR) is 301 cm³/mol. The highest BCUT2D eigenvalue weighted by Crippen LogP contribution is 2.54. The molecule has 14 rings (SSSR count). The number of anilines is 6. The Morgan fingerprint density at radius 1 is 0.378 bits per heavy atom. The topological polar surface area (TPSA) is 54.4 Å². The Kier molecular flexibility index (Phi) is 10.5. The molecular weight excluding hydrogens is 903 g/mol. The van der Waals surface area contributed by atoms with Gasteiger partial charge in [-0.2, -0.15) is 0 Å². The molecule has 0 fully saturated rings. The summed E-state index contributed by atoms with van der Waals surface area (Å²) in [6.07, 6.45) is 5.58.